The van der Waals surface area contributed by atoms with Crippen molar-refractivity contribution in [3.05, 3.63) is 71.3 Å². The van der Waals surface area contributed by atoms with Gasteiger partial charge in [0, 0.05) is 39.8 Å². The fourth-order valence-electron chi connectivity index (χ4n) is 4.57. The minimum Gasteiger partial charge on any atom is -0.340 e. The highest BCUT2D eigenvalue weighted by Gasteiger charge is 2.50. The number of carbonyl (C=O) groups excluding carboxylic acids is 1. The zero-order chi connectivity index (χ0) is 18.0. The van der Waals surface area contributed by atoms with E-state index < -0.39 is 5.54 Å². The molecule has 1 aliphatic heterocycles. The van der Waals surface area contributed by atoms with Crippen LogP contribution in [-0.2, 0) is 23.3 Å². The zero-order valence-electron chi connectivity index (χ0n) is 15.4. The summed E-state index contributed by atoms with van der Waals surface area (Å²) in [5.41, 5.74) is 3.20. The Morgan fingerprint density at radius 2 is 1.77 bits per heavy atom. The van der Waals surface area contributed by atoms with E-state index in [2.05, 4.69) is 46.6 Å². The second kappa shape index (κ2) is 7.22. The molecule has 1 amide bonds. The summed E-state index contributed by atoms with van der Waals surface area (Å²) in [6.45, 7) is 4.37. The maximum Gasteiger partial charge on any atom is 0.247 e. The molecule has 0 unspecified atom stereocenters. The van der Waals surface area contributed by atoms with Crippen molar-refractivity contribution < 1.29 is 4.79 Å². The van der Waals surface area contributed by atoms with Gasteiger partial charge in [0.15, 0.2) is 0 Å². The first-order chi connectivity index (χ1) is 12.7. The van der Waals surface area contributed by atoms with Gasteiger partial charge < -0.3 is 10.2 Å². The maximum absolute atomic E-state index is 13.8. The second-order valence-corrected chi connectivity index (χ2v) is 7.40. The van der Waals surface area contributed by atoms with Gasteiger partial charge in [-0.2, -0.15) is 0 Å². The van der Waals surface area contributed by atoms with Crippen LogP contribution in [0.2, 0.25) is 0 Å². The first kappa shape index (κ1) is 17.3. The van der Waals surface area contributed by atoms with E-state index in [1.165, 1.54) is 16.7 Å². The molecule has 0 saturated carbocycles. The third kappa shape index (κ3) is 2.93. The van der Waals surface area contributed by atoms with Crippen LogP contribution in [0.15, 0.2) is 54.6 Å². The zero-order valence-corrected chi connectivity index (χ0v) is 15.4. The SMILES string of the molecule is CN(Cc1ccccc1)C(=O)[C@]1(N2CCNCC2)CCc2ccccc21. The number of rotatable bonds is 4. The summed E-state index contributed by atoms with van der Waals surface area (Å²) in [6.07, 6.45) is 1.86. The van der Waals surface area contributed by atoms with E-state index in [1.54, 1.807) is 0 Å². The summed E-state index contributed by atoms with van der Waals surface area (Å²) < 4.78 is 0. The van der Waals surface area contributed by atoms with Crippen molar-refractivity contribution in [1.29, 1.82) is 0 Å². The van der Waals surface area contributed by atoms with E-state index in [9.17, 15) is 4.79 Å². The lowest BCUT2D eigenvalue weighted by Crippen LogP contribution is -2.60. The predicted molar refractivity (Wildman–Crippen MR) is 104 cm³/mol. The van der Waals surface area contributed by atoms with Crippen molar-refractivity contribution in [1.82, 2.24) is 15.1 Å². The minimum absolute atomic E-state index is 0.230. The molecule has 2 aromatic rings. The highest BCUT2D eigenvalue weighted by Crippen LogP contribution is 2.43. The number of amides is 1. The summed E-state index contributed by atoms with van der Waals surface area (Å²) in [4.78, 5) is 18.1. The fourth-order valence-corrected chi connectivity index (χ4v) is 4.57. The number of benzene rings is 2. The number of aryl methyl sites for hydroxylation is 1. The molecule has 0 bridgehead atoms. The molecule has 4 nitrogen and oxygen atoms in total. The van der Waals surface area contributed by atoms with Crippen LogP contribution < -0.4 is 5.32 Å². The molecule has 136 valence electrons. The highest BCUT2D eigenvalue weighted by molar-refractivity contribution is 5.89. The number of carbonyl (C=O) groups is 1. The number of hydrogen-bond acceptors (Lipinski definition) is 3. The molecule has 0 radical (unpaired) electrons. The summed E-state index contributed by atoms with van der Waals surface area (Å²) in [5, 5.41) is 3.42. The Bertz CT molecular complexity index is 770. The van der Waals surface area contributed by atoms with E-state index in [-0.39, 0.29) is 5.91 Å². The van der Waals surface area contributed by atoms with Crippen molar-refractivity contribution in [2.24, 2.45) is 0 Å². The van der Waals surface area contributed by atoms with Crippen molar-refractivity contribution in [2.75, 3.05) is 33.2 Å². The molecule has 2 aromatic carbocycles. The Morgan fingerprint density at radius 1 is 1.08 bits per heavy atom. The van der Waals surface area contributed by atoms with E-state index in [0.717, 1.165) is 39.0 Å². The summed E-state index contributed by atoms with van der Waals surface area (Å²) in [5.74, 6) is 0.230. The van der Waals surface area contributed by atoms with E-state index >= 15 is 0 Å². The smallest absolute Gasteiger partial charge is 0.247 e. The maximum atomic E-state index is 13.8. The Kier molecular flexibility index (Phi) is 4.79. The molecule has 2 aliphatic rings. The van der Waals surface area contributed by atoms with Gasteiger partial charge in [0.1, 0.15) is 5.54 Å². The Hall–Kier alpha value is -2.17. The Morgan fingerprint density at radius 3 is 2.54 bits per heavy atom. The standard InChI is InChI=1S/C22H27N3O/c1-24(17-18-7-3-2-4-8-18)21(26)22(25-15-13-23-14-16-25)12-11-19-9-5-6-10-20(19)22/h2-10,23H,11-17H2,1H3/t22-/m0/s1. The number of fused-ring (bicyclic) bond motifs is 1. The van der Waals surface area contributed by atoms with Crippen LogP contribution in [0.5, 0.6) is 0 Å². The molecule has 1 aliphatic carbocycles. The molecule has 1 heterocycles. The number of hydrogen-bond donors (Lipinski definition) is 1. The first-order valence-corrected chi connectivity index (χ1v) is 9.55. The molecule has 1 N–H and O–H groups in total. The van der Waals surface area contributed by atoms with Crippen LogP contribution in [0.4, 0.5) is 0 Å². The number of likely N-dealkylation sites (N-methyl/N-ethyl adjacent to an activating group) is 1. The van der Waals surface area contributed by atoms with Gasteiger partial charge in [-0.3, -0.25) is 9.69 Å². The van der Waals surface area contributed by atoms with Crippen molar-refractivity contribution in [2.45, 2.75) is 24.9 Å². The molecule has 4 heteroatoms. The molecule has 0 spiro atoms. The molecular formula is C22H27N3O. The van der Waals surface area contributed by atoms with Gasteiger partial charge in [-0.25, -0.2) is 0 Å². The highest BCUT2D eigenvalue weighted by atomic mass is 16.2. The number of piperazine rings is 1. The van der Waals surface area contributed by atoms with Crippen LogP contribution in [0, 0.1) is 0 Å². The van der Waals surface area contributed by atoms with Gasteiger partial charge in [-0.05, 0) is 29.5 Å². The van der Waals surface area contributed by atoms with Crippen molar-refractivity contribution in [3.63, 3.8) is 0 Å². The van der Waals surface area contributed by atoms with E-state index in [0.29, 0.717) is 6.54 Å². The lowest BCUT2D eigenvalue weighted by Gasteiger charge is -2.44. The van der Waals surface area contributed by atoms with E-state index in [4.69, 9.17) is 0 Å². The molecule has 26 heavy (non-hydrogen) atoms. The molecule has 1 saturated heterocycles. The van der Waals surface area contributed by atoms with Crippen LogP contribution >= 0.6 is 0 Å². The van der Waals surface area contributed by atoms with Gasteiger partial charge >= 0.3 is 0 Å². The Labute approximate surface area is 155 Å². The average molecular weight is 349 g/mol. The normalized spacial score (nSPS) is 22.8. The van der Waals surface area contributed by atoms with Crippen LogP contribution in [-0.4, -0.2) is 48.9 Å². The van der Waals surface area contributed by atoms with Gasteiger partial charge in [0.2, 0.25) is 5.91 Å². The number of nitrogens with one attached hydrogen (secondary N) is 1. The Balaban J connectivity index is 1.68. The summed E-state index contributed by atoms with van der Waals surface area (Å²) in [6, 6.07) is 18.8. The lowest BCUT2D eigenvalue weighted by atomic mass is 9.87. The van der Waals surface area contributed by atoms with E-state index in [1.807, 2.05) is 30.1 Å². The third-order valence-electron chi connectivity index (χ3n) is 5.84. The largest absolute Gasteiger partial charge is 0.340 e. The number of nitrogens with zero attached hydrogens (tertiary/aromatic N) is 2. The molecule has 4 rings (SSSR count). The molecular weight excluding hydrogens is 322 g/mol. The summed E-state index contributed by atoms with van der Waals surface area (Å²) in [7, 11) is 1.94. The third-order valence-corrected chi connectivity index (χ3v) is 5.84. The van der Waals surface area contributed by atoms with Gasteiger partial charge in [-0.1, -0.05) is 54.6 Å². The first-order valence-electron chi connectivity index (χ1n) is 9.55. The van der Waals surface area contributed by atoms with Gasteiger partial charge in [0.25, 0.3) is 0 Å². The predicted octanol–water partition coefficient (Wildman–Crippen LogP) is 2.39. The van der Waals surface area contributed by atoms with Crippen LogP contribution in [0.25, 0.3) is 0 Å². The van der Waals surface area contributed by atoms with Crippen LogP contribution in [0.1, 0.15) is 23.1 Å². The van der Waals surface area contributed by atoms with Crippen molar-refractivity contribution >= 4 is 5.91 Å². The molecule has 1 fully saturated rings. The topological polar surface area (TPSA) is 35.6 Å². The lowest BCUT2D eigenvalue weighted by molar-refractivity contribution is -0.145. The molecule has 1 atom stereocenters. The quantitative estimate of drug-likeness (QED) is 0.921. The minimum atomic E-state index is -0.512. The van der Waals surface area contributed by atoms with Crippen molar-refractivity contribution in [3.8, 4) is 0 Å². The summed E-state index contributed by atoms with van der Waals surface area (Å²) >= 11 is 0. The fraction of sp³-hybridized carbons (Fsp3) is 0.409. The van der Waals surface area contributed by atoms with Gasteiger partial charge in [-0.15, -0.1) is 0 Å². The monoisotopic (exact) mass is 349 g/mol. The molecule has 0 aromatic heterocycles. The van der Waals surface area contributed by atoms with Gasteiger partial charge in [0.05, 0.1) is 0 Å². The van der Waals surface area contributed by atoms with Crippen LogP contribution in [0.3, 0.4) is 0 Å². The second-order valence-electron chi connectivity index (χ2n) is 7.40. The average Bonchev–Trinajstić information content (AvgIpc) is 3.09.